The predicted molar refractivity (Wildman–Crippen MR) is 181 cm³/mol. The van der Waals surface area contributed by atoms with Crippen LogP contribution in [-0.4, -0.2) is 39.5 Å². The van der Waals surface area contributed by atoms with Crippen LogP contribution >= 0.6 is 46.3 Å². The average molecular weight is 724 g/mol. The van der Waals surface area contributed by atoms with Crippen molar-refractivity contribution in [3.05, 3.63) is 107 Å². The average Bonchev–Trinajstić information content (AvgIpc) is 3.81. The maximum Gasteiger partial charge on any atom is 0.305 e. The van der Waals surface area contributed by atoms with Gasteiger partial charge in [-0.3, -0.25) is 34.2 Å². The summed E-state index contributed by atoms with van der Waals surface area (Å²) in [5.41, 5.74) is 1.65. The van der Waals surface area contributed by atoms with Gasteiger partial charge in [0.15, 0.2) is 6.61 Å². The minimum absolute atomic E-state index is 0.00231. The van der Waals surface area contributed by atoms with Gasteiger partial charge in [0.25, 0.3) is 11.6 Å². The molecule has 0 radical (unpaired) electrons. The lowest BCUT2D eigenvalue weighted by Crippen LogP contribution is -2.42. The number of H-pyrrole nitrogens is 1. The van der Waals surface area contributed by atoms with Crippen molar-refractivity contribution in [3.8, 4) is 5.75 Å². The van der Waals surface area contributed by atoms with E-state index in [0.29, 0.717) is 27.2 Å². The van der Waals surface area contributed by atoms with Gasteiger partial charge < -0.3 is 15.0 Å². The maximum atomic E-state index is 13.9. The number of carbonyl (C=O) groups is 3. The number of benzene rings is 3. The van der Waals surface area contributed by atoms with Crippen molar-refractivity contribution in [1.82, 2.24) is 4.98 Å². The number of aromatic amines is 1. The van der Waals surface area contributed by atoms with Gasteiger partial charge in [-0.05, 0) is 72.2 Å². The van der Waals surface area contributed by atoms with Crippen LogP contribution in [0.25, 0.3) is 0 Å². The van der Waals surface area contributed by atoms with Crippen molar-refractivity contribution in [3.63, 3.8) is 0 Å². The van der Waals surface area contributed by atoms with Crippen molar-refractivity contribution in [2.24, 2.45) is 29.6 Å². The molecule has 3 amide bonds. The van der Waals surface area contributed by atoms with E-state index in [2.05, 4.69) is 10.3 Å². The van der Waals surface area contributed by atoms with Crippen LogP contribution in [0, 0.1) is 39.7 Å². The van der Waals surface area contributed by atoms with E-state index >= 15 is 0 Å². The Balaban J connectivity index is 1.04. The monoisotopic (exact) mass is 722 g/mol. The summed E-state index contributed by atoms with van der Waals surface area (Å²) in [6.07, 6.45) is 0.730. The smallest absolute Gasteiger partial charge is 0.305 e. The Labute approximate surface area is 290 Å². The molecule has 2 aliphatic carbocycles. The lowest BCUT2D eigenvalue weighted by atomic mass is 9.68. The van der Waals surface area contributed by atoms with E-state index in [0.717, 1.165) is 21.9 Å². The Kier molecular flexibility index (Phi) is 7.62. The van der Waals surface area contributed by atoms with Crippen LogP contribution in [-0.2, 0) is 14.4 Å². The highest BCUT2D eigenvalue weighted by atomic mass is 35.5. The summed E-state index contributed by atoms with van der Waals surface area (Å²) in [5, 5.41) is 15.4. The van der Waals surface area contributed by atoms with Gasteiger partial charge >= 0.3 is 4.87 Å². The first-order chi connectivity index (χ1) is 23.1. The molecule has 48 heavy (non-hydrogen) atoms. The van der Waals surface area contributed by atoms with Crippen molar-refractivity contribution in [2.45, 2.75) is 22.6 Å². The highest BCUT2D eigenvalue weighted by Gasteiger charge is 2.69. The van der Waals surface area contributed by atoms with E-state index in [1.807, 2.05) is 12.1 Å². The summed E-state index contributed by atoms with van der Waals surface area (Å²) in [5.74, 6) is -1.76. The molecule has 7 atom stereocenters. The molecule has 3 aromatic carbocycles. The molecule has 15 heteroatoms. The lowest BCUT2D eigenvalue weighted by Gasteiger charge is -2.43. The van der Waals surface area contributed by atoms with Crippen LogP contribution < -0.4 is 19.8 Å². The second-order valence-corrected chi connectivity index (χ2v) is 15.3. The Bertz CT molecular complexity index is 2070. The number of ether oxygens (including phenoxy) is 1. The number of aromatic nitrogens is 1. The number of thiazole rings is 1. The minimum Gasteiger partial charge on any atom is -0.484 e. The third-order valence-corrected chi connectivity index (χ3v) is 13.2. The Morgan fingerprint density at radius 1 is 0.979 bits per heavy atom. The number of amides is 3. The third-order valence-electron chi connectivity index (χ3n) is 9.86. The van der Waals surface area contributed by atoms with Gasteiger partial charge in [-0.1, -0.05) is 46.7 Å². The number of hydrogen-bond acceptors (Lipinski definition) is 9. The Hall–Kier alpha value is -4.17. The number of non-ortho nitro benzene ring substituents is 1. The first kappa shape index (κ1) is 31.1. The molecule has 2 bridgehead atoms. The number of nitro benzene ring substituents is 1. The number of hydrogen-bond donors (Lipinski definition) is 2. The molecule has 6 unspecified atom stereocenters. The summed E-state index contributed by atoms with van der Waals surface area (Å²) in [7, 11) is 0. The molecule has 8 rings (SSSR count). The molecule has 0 spiro atoms. The van der Waals surface area contributed by atoms with Crippen LogP contribution in [0.5, 0.6) is 5.75 Å². The van der Waals surface area contributed by atoms with Crippen LogP contribution in [0.4, 0.5) is 17.1 Å². The number of nitrogens with one attached hydrogen (secondary N) is 2. The number of rotatable bonds is 7. The number of fused-ring (bicyclic) bond motifs is 9. The molecular formula is C33H24Cl2N4O7S2. The van der Waals surface area contributed by atoms with Crippen LogP contribution in [0.15, 0.2) is 76.6 Å². The Morgan fingerprint density at radius 2 is 1.69 bits per heavy atom. The second kappa shape index (κ2) is 11.8. The fourth-order valence-electron chi connectivity index (χ4n) is 8.06. The first-order valence-corrected chi connectivity index (χ1v) is 17.5. The number of halogens is 2. The lowest BCUT2D eigenvalue weighted by molar-refractivity contribution is -0.384. The van der Waals surface area contributed by atoms with Crippen LogP contribution in [0.3, 0.4) is 0 Å². The van der Waals surface area contributed by atoms with E-state index in [4.69, 9.17) is 27.9 Å². The molecule has 11 nitrogen and oxygen atoms in total. The molecule has 1 aromatic heterocycles. The molecule has 244 valence electrons. The van der Waals surface area contributed by atoms with E-state index in [1.54, 1.807) is 42.1 Å². The normalized spacial score (nSPS) is 26.6. The number of thioether (sulfide) groups is 1. The fourth-order valence-corrected chi connectivity index (χ4v) is 11.2. The number of nitro groups is 1. The standard InChI is InChI=1S/C33H24Cl2N4O7S2/c34-21-10-3-15(11-22(21)35)36-23(40)13-46-18-8-1-14(2-9-18)24-25-19-12-20(28(25)47-30-29(24)48-33(43)37-30)27-26(19)31(41)38(32(27)42)16-4-6-17(7-5-16)39(44)45/h1-11,19-20,24-28H,12-13H2,(H,36,40)(H,37,43)/t19?,20?,24-,25?,26?,27?,28?/m1/s1. The van der Waals surface area contributed by atoms with Crippen molar-refractivity contribution < 1.29 is 24.0 Å². The molecule has 2 N–H and O–H groups in total. The molecule has 4 aliphatic rings. The van der Waals surface area contributed by atoms with Crippen molar-refractivity contribution in [2.75, 3.05) is 16.8 Å². The quantitative estimate of drug-likeness (QED) is 0.127. The van der Waals surface area contributed by atoms with Gasteiger partial charge in [0.1, 0.15) is 5.75 Å². The Morgan fingerprint density at radius 3 is 2.38 bits per heavy atom. The molecular weight excluding hydrogens is 699 g/mol. The maximum absolute atomic E-state index is 13.9. The van der Waals surface area contributed by atoms with E-state index < -0.39 is 16.8 Å². The molecule has 3 fully saturated rings. The second-order valence-electron chi connectivity index (χ2n) is 12.3. The van der Waals surface area contributed by atoms with Gasteiger partial charge in [0.05, 0.1) is 37.5 Å². The van der Waals surface area contributed by atoms with E-state index in [-0.39, 0.29) is 63.8 Å². The predicted octanol–water partition coefficient (Wildman–Crippen LogP) is 6.35. The number of anilines is 2. The van der Waals surface area contributed by atoms with Gasteiger partial charge in [-0.2, -0.15) is 0 Å². The summed E-state index contributed by atoms with van der Waals surface area (Å²) in [6.45, 7) is -0.234. The van der Waals surface area contributed by atoms with Crippen LogP contribution in [0.1, 0.15) is 22.8 Å². The topological polar surface area (TPSA) is 152 Å². The highest BCUT2D eigenvalue weighted by Crippen LogP contribution is 2.68. The molecule has 2 saturated carbocycles. The summed E-state index contributed by atoms with van der Waals surface area (Å²) >= 11 is 14.7. The van der Waals surface area contributed by atoms with Crippen molar-refractivity contribution >= 4 is 81.1 Å². The van der Waals surface area contributed by atoms with E-state index in [9.17, 15) is 29.3 Å². The minimum atomic E-state index is -0.521. The third kappa shape index (κ3) is 5.02. The molecule has 3 heterocycles. The number of imide groups is 1. The van der Waals surface area contributed by atoms with Gasteiger partial charge in [0.2, 0.25) is 11.8 Å². The fraction of sp³-hybridized carbons (Fsp3) is 0.273. The summed E-state index contributed by atoms with van der Waals surface area (Å²) in [6, 6.07) is 17.7. The first-order valence-electron chi connectivity index (χ1n) is 15.1. The number of carbonyl (C=O) groups excluding carboxylic acids is 3. The van der Waals surface area contributed by atoms with E-state index in [1.165, 1.54) is 40.5 Å². The zero-order valence-corrected chi connectivity index (χ0v) is 27.8. The van der Waals surface area contributed by atoms with Crippen molar-refractivity contribution in [1.29, 1.82) is 0 Å². The molecule has 1 saturated heterocycles. The zero-order chi connectivity index (χ0) is 33.4. The SMILES string of the molecule is O=C(COc1ccc([C@H]2c3sc(=O)[nH]c3SC3C4CC(C5C(=O)N(c6ccc([N+](=O)[O-])cc6)C(=O)C45)C32)cc1)Nc1ccc(Cl)c(Cl)c1. The zero-order valence-electron chi connectivity index (χ0n) is 24.6. The molecule has 4 aromatic rings. The van der Waals surface area contributed by atoms with Crippen LogP contribution in [0.2, 0.25) is 10.0 Å². The van der Waals surface area contributed by atoms with Gasteiger partial charge in [0, 0.05) is 33.9 Å². The molecule has 2 aliphatic heterocycles. The van der Waals surface area contributed by atoms with Gasteiger partial charge in [-0.15, -0.1) is 11.8 Å². The number of nitrogens with zero attached hydrogens (tertiary/aromatic N) is 2. The highest BCUT2D eigenvalue weighted by molar-refractivity contribution is 8.00. The summed E-state index contributed by atoms with van der Waals surface area (Å²) < 4.78 is 5.75. The van der Waals surface area contributed by atoms with Gasteiger partial charge in [-0.25, -0.2) is 0 Å². The summed E-state index contributed by atoms with van der Waals surface area (Å²) in [4.78, 5) is 68.4. The largest absolute Gasteiger partial charge is 0.484 e.